The number of para-hydroxylation sites is 2. The van der Waals surface area contributed by atoms with E-state index in [1.54, 1.807) is 0 Å². The summed E-state index contributed by atoms with van der Waals surface area (Å²) < 4.78 is 0. The first kappa shape index (κ1) is 19.8. The molecule has 0 amide bonds. The van der Waals surface area contributed by atoms with Gasteiger partial charge in [0, 0.05) is 11.4 Å². The minimum Gasteiger partial charge on any atom is -0.376 e. The molecule has 2 atom stereocenters. The number of benzene rings is 4. The predicted molar refractivity (Wildman–Crippen MR) is 128 cm³/mol. The molecule has 2 nitrogen and oxygen atoms in total. The van der Waals surface area contributed by atoms with Crippen molar-refractivity contribution in [2.24, 2.45) is 0 Å². The lowest BCUT2D eigenvalue weighted by molar-refractivity contribution is 0.649. The molecule has 2 unspecified atom stereocenters. The van der Waals surface area contributed by atoms with Gasteiger partial charge in [0.05, 0.1) is 12.1 Å². The summed E-state index contributed by atoms with van der Waals surface area (Å²) in [6.07, 6.45) is 0. The molecule has 0 saturated heterocycles. The SMILES string of the molecule is Cc1ccccc1NC(c1ccccc1)C(Nc1ccccc1C)c1ccccc1. The zero-order valence-electron chi connectivity index (χ0n) is 17.5. The van der Waals surface area contributed by atoms with Crippen LogP contribution >= 0.6 is 0 Å². The van der Waals surface area contributed by atoms with Gasteiger partial charge in [0.15, 0.2) is 0 Å². The van der Waals surface area contributed by atoms with Crippen molar-refractivity contribution in [3.63, 3.8) is 0 Å². The van der Waals surface area contributed by atoms with Crippen molar-refractivity contribution >= 4 is 11.4 Å². The van der Waals surface area contributed by atoms with Crippen LogP contribution in [0.5, 0.6) is 0 Å². The van der Waals surface area contributed by atoms with Crippen molar-refractivity contribution in [2.75, 3.05) is 10.6 Å². The Kier molecular flexibility index (Phi) is 6.14. The minimum absolute atomic E-state index is 0.0503. The maximum absolute atomic E-state index is 3.84. The fraction of sp³-hybridized carbons (Fsp3) is 0.143. The van der Waals surface area contributed by atoms with Crippen molar-refractivity contribution in [2.45, 2.75) is 25.9 Å². The Morgan fingerprint density at radius 3 is 1.13 bits per heavy atom. The van der Waals surface area contributed by atoms with Crippen LogP contribution in [0.4, 0.5) is 11.4 Å². The van der Waals surface area contributed by atoms with Crippen molar-refractivity contribution < 1.29 is 0 Å². The van der Waals surface area contributed by atoms with E-state index < -0.39 is 0 Å². The first-order valence-electron chi connectivity index (χ1n) is 10.5. The van der Waals surface area contributed by atoms with E-state index in [0.717, 1.165) is 11.4 Å². The Balaban J connectivity index is 1.80. The van der Waals surface area contributed by atoms with Gasteiger partial charge in [0.1, 0.15) is 0 Å². The molecule has 0 aliphatic carbocycles. The van der Waals surface area contributed by atoms with Gasteiger partial charge in [-0.3, -0.25) is 0 Å². The van der Waals surface area contributed by atoms with Gasteiger partial charge in [0.2, 0.25) is 0 Å². The van der Waals surface area contributed by atoms with Gasteiger partial charge in [-0.1, -0.05) is 97.1 Å². The number of rotatable bonds is 7. The molecule has 0 radical (unpaired) electrons. The van der Waals surface area contributed by atoms with Crippen LogP contribution in [0, 0.1) is 13.8 Å². The van der Waals surface area contributed by atoms with E-state index in [2.05, 4.69) is 134 Å². The van der Waals surface area contributed by atoms with Crippen molar-refractivity contribution in [1.82, 2.24) is 0 Å². The van der Waals surface area contributed by atoms with Gasteiger partial charge in [-0.05, 0) is 48.2 Å². The van der Waals surface area contributed by atoms with Crippen LogP contribution in [-0.2, 0) is 0 Å². The maximum atomic E-state index is 3.84. The van der Waals surface area contributed by atoms with Crippen molar-refractivity contribution in [3.05, 3.63) is 131 Å². The highest BCUT2D eigenvalue weighted by Gasteiger charge is 2.25. The number of hydrogen-bond donors (Lipinski definition) is 2. The van der Waals surface area contributed by atoms with Crippen LogP contribution in [0.2, 0.25) is 0 Å². The second-order valence-corrected chi connectivity index (χ2v) is 7.70. The molecule has 0 spiro atoms. The average molecular weight is 393 g/mol. The Morgan fingerprint density at radius 2 is 0.767 bits per heavy atom. The van der Waals surface area contributed by atoms with Crippen LogP contribution in [-0.4, -0.2) is 0 Å². The first-order valence-corrected chi connectivity index (χ1v) is 10.5. The zero-order chi connectivity index (χ0) is 20.8. The lowest BCUT2D eigenvalue weighted by atomic mass is 9.92. The molecule has 2 N–H and O–H groups in total. The highest BCUT2D eigenvalue weighted by Crippen LogP contribution is 2.36. The molecule has 0 bridgehead atoms. The fourth-order valence-electron chi connectivity index (χ4n) is 3.84. The van der Waals surface area contributed by atoms with Crippen molar-refractivity contribution in [1.29, 1.82) is 0 Å². The van der Waals surface area contributed by atoms with E-state index in [-0.39, 0.29) is 12.1 Å². The Bertz CT molecular complexity index is 985. The normalized spacial score (nSPS) is 12.7. The summed E-state index contributed by atoms with van der Waals surface area (Å²) in [4.78, 5) is 0. The molecule has 30 heavy (non-hydrogen) atoms. The summed E-state index contributed by atoms with van der Waals surface area (Å²) in [5.41, 5.74) is 7.27. The molecule has 0 aliphatic heterocycles. The molecule has 0 saturated carbocycles. The van der Waals surface area contributed by atoms with Gasteiger partial charge in [0.25, 0.3) is 0 Å². The van der Waals surface area contributed by atoms with E-state index in [1.165, 1.54) is 22.3 Å². The second kappa shape index (κ2) is 9.32. The molecule has 4 aromatic carbocycles. The van der Waals surface area contributed by atoms with Crippen LogP contribution < -0.4 is 10.6 Å². The second-order valence-electron chi connectivity index (χ2n) is 7.70. The zero-order valence-corrected chi connectivity index (χ0v) is 17.5. The maximum Gasteiger partial charge on any atom is 0.0757 e. The molecular formula is C28H28N2. The molecule has 4 aromatic rings. The third-order valence-corrected chi connectivity index (χ3v) is 5.56. The van der Waals surface area contributed by atoms with Gasteiger partial charge < -0.3 is 10.6 Å². The Labute approximate surface area is 179 Å². The van der Waals surface area contributed by atoms with Crippen LogP contribution in [0.3, 0.4) is 0 Å². The van der Waals surface area contributed by atoms with E-state index in [0.29, 0.717) is 0 Å². The number of aryl methyl sites for hydroxylation is 2. The first-order chi connectivity index (χ1) is 14.7. The van der Waals surface area contributed by atoms with E-state index in [1.807, 2.05) is 0 Å². The quantitative estimate of drug-likeness (QED) is 0.344. The van der Waals surface area contributed by atoms with E-state index >= 15 is 0 Å². The lowest BCUT2D eigenvalue weighted by Crippen LogP contribution is -2.26. The van der Waals surface area contributed by atoms with Gasteiger partial charge in [-0.15, -0.1) is 0 Å². The monoisotopic (exact) mass is 392 g/mol. The molecule has 150 valence electrons. The number of anilines is 2. The average Bonchev–Trinajstić information content (AvgIpc) is 2.80. The molecule has 0 aliphatic rings. The molecule has 2 heteroatoms. The van der Waals surface area contributed by atoms with E-state index in [4.69, 9.17) is 0 Å². The molecule has 0 heterocycles. The summed E-state index contributed by atoms with van der Waals surface area (Å²) >= 11 is 0. The molecule has 0 fully saturated rings. The minimum atomic E-state index is 0.0503. The largest absolute Gasteiger partial charge is 0.376 e. The summed E-state index contributed by atoms with van der Waals surface area (Å²) in [5, 5.41) is 7.68. The highest BCUT2D eigenvalue weighted by molar-refractivity contribution is 5.56. The standard InChI is InChI=1S/C28H28N2/c1-21-13-9-11-19-25(21)29-27(23-15-5-3-6-16-23)28(24-17-7-4-8-18-24)30-26-20-12-10-14-22(26)2/h3-20,27-30H,1-2H3. The number of hydrogen-bond acceptors (Lipinski definition) is 2. The Hall–Kier alpha value is -3.52. The van der Waals surface area contributed by atoms with Gasteiger partial charge in [-0.2, -0.15) is 0 Å². The lowest BCUT2D eigenvalue weighted by Gasteiger charge is -2.32. The molecule has 0 aromatic heterocycles. The third-order valence-electron chi connectivity index (χ3n) is 5.56. The smallest absolute Gasteiger partial charge is 0.0757 e. The summed E-state index contributed by atoms with van der Waals surface area (Å²) in [5.74, 6) is 0. The fourth-order valence-corrected chi connectivity index (χ4v) is 3.84. The molecule has 4 rings (SSSR count). The highest BCUT2D eigenvalue weighted by atomic mass is 15.0. The van der Waals surface area contributed by atoms with Crippen LogP contribution in [0.15, 0.2) is 109 Å². The molecular weight excluding hydrogens is 364 g/mol. The predicted octanol–water partition coefficient (Wildman–Crippen LogP) is 7.31. The van der Waals surface area contributed by atoms with Crippen molar-refractivity contribution in [3.8, 4) is 0 Å². The summed E-state index contributed by atoms with van der Waals surface area (Å²) in [7, 11) is 0. The van der Waals surface area contributed by atoms with Gasteiger partial charge >= 0.3 is 0 Å². The topological polar surface area (TPSA) is 24.1 Å². The third kappa shape index (κ3) is 4.55. The Morgan fingerprint density at radius 1 is 0.433 bits per heavy atom. The van der Waals surface area contributed by atoms with Crippen LogP contribution in [0.1, 0.15) is 34.3 Å². The van der Waals surface area contributed by atoms with Crippen LogP contribution in [0.25, 0.3) is 0 Å². The summed E-state index contributed by atoms with van der Waals surface area (Å²) in [6, 6.07) is 38.4. The van der Waals surface area contributed by atoms with E-state index in [9.17, 15) is 0 Å². The summed E-state index contributed by atoms with van der Waals surface area (Å²) in [6.45, 7) is 4.30. The number of nitrogens with one attached hydrogen (secondary N) is 2. The van der Waals surface area contributed by atoms with Gasteiger partial charge in [-0.25, -0.2) is 0 Å².